The van der Waals surface area contributed by atoms with Gasteiger partial charge in [-0.25, -0.2) is 0 Å². The molecule has 0 aromatic heterocycles. The zero-order valence-corrected chi connectivity index (χ0v) is 21.4. The van der Waals surface area contributed by atoms with Crippen molar-refractivity contribution < 1.29 is 38.1 Å². The van der Waals surface area contributed by atoms with Gasteiger partial charge < -0.3 is 23.7 Å². The highest BCUT2D eigenvalue weighted by molar-refractivity contribution is 5.68. The summed E-state index contributed by atoms with van der Waals surface area (Å²) in [5.74, 6) is -1.88. The monoisotopic (exact) mass is 518 g/mol. The normalized spacial score (nSPS) is 20.9. The van der Waals surface area contributed by atoms with Crippen molar-refractivity contribution in [2.45, 2.75) is 51.0 Å². The Labute approximate surface area is 221 Å². The first-order valence-corrected chi connectivity index (χ1v) is 12.3. The van der Waals surface area contributed by atoms with Crippen molar-refractivity contribution in [2.75, 3.05) is 6.61 Å². The van der Waals surface area contributed by atoms with Crippen LogP contribution in [-0.2, 0) is 43.7 Å². The lowest BCUT2D eigenvalue weighted by atomic mass is 9.80. The molecule has 1 aliphatic heterocycles. The van der Waals surface area contributed by atoms with E-state index >= 15 is 0 Å². The number of esters is 3. The van der Waals surface area contributed by atoms with Gasteiger partial charge >= 0.3 is 17.9 Å². The van der Waals surface area contributed by atoms with Crippen LogP contribution in [0.5, 0.6) is 0 Å². The van der Waals surface area contributed by atoms with E-state index in [-0.39, 0.29) is 6.61 Å². The van der Waals surface area contributed by atoms with Gasteiger partial charge in [0.05, 0.1) is 6.61 Å². The van der Waals surface area contributed by atoms with Gasteiger partial charge in [0.25, 0.3) is 0 Å². The van der Waals surface area contributed by atoms with Gasteiger partial charge in [0.1, 0.15) is 11.7 Å². The second-order valence-corrected chi connectivity index (χ2v) is 8.89. The summed E-state index contributed by atoms with van der Waals surface area (Å²) in [5, 5.41) is 0. The molecular formula is C30H30O8. The second kappa shape index (κ2) is 12.0. The van der Waals surface area contributed by atoms with Crippen LogP contribution in [0.4, 0.5) is 0 Å². The van der Waals surface area contributed by atoms with Crippen LogP contribution in [0.15, 0.2) is 91.0 Å². The average molecular weight is 519 g/mol. The van der Waals surface area contributed by atoms with Gasteiger partial charge in [-0.1, -0.05) is 91.0 Å². The third-order valence-corrected chi connectivity index (χ3v) is 6.16. The van der Waals surface area contributed by atoms with Crippen molar-refractivity contribution in [1.82, 2.24) is 0 Å². The van der Waals surface area contributed by atoms with Gasteiger partial charge in [0, 0.05) is 20.8 Å². The zero-order chi connectivity index (χ0) is 27.1. The standard InChI is InChI=1S/C30H30O8/c1-20(31)35-27-26(38-29(37-22(3)33)28(27)36-21(2)32)19-34-30(23-13-7-4-8-14-23,24-15-9-5-10-16-24)25-17-11-6-12-18-25/h4-18,26-29H,19H2,1-3H3/t26-,27-,28-,29-/m1/s1. The zero-order valence-electron chi connectivity index (χ0n) is 21.4. The highest BCUT2D eigenvalue weighted by Crippen LogP contribution is 2.41. The summed E-state index contributed by atoms with van der Waals surface area (Å²) in [7, 11) is 0. The molecule has 0 N–H and O–H groups in total. The molecule has 0 unspecified atom stereocenters. The summed E-state index contributed by atoms with van der Waals surface area (Å²) in [6, 6.07) is 29.2. The molecule has 8 nitrogen and oxygen atoms in total. The molecule has 198 valence electrons. The maximum atomic E-state index is 12.0. The maximum absolute atomic E-state index is 12.0. The number of benzene rings is 3. The van der Waals surface area contributed by atoms with Crippen LogP contribution < -0.4 is 0 Å². The fourth-order valence-corrected chi connectivity index (χ4v) is 4.71. The van der Waals surface area contributed by atoms with E-state index in [0.29, 0.717) is 0 Å². The number of carbonyl (C=O) groups is 3. The molecule has 38 heavy (non-hydrogen) atoms. The smallest absolute Gasteiger partial charge is 0.305 e. The van der Waals surface area contributed by atoms with E-state index in [1.807, 2.05) is 91.0 Å². The molecule has 0 aliphatic carbocycles. The fourth-order valence-electron chi connectivity index (χ4n) is 4.71. The molecule has 0 saturated carbocycles. The van der Waals surface area contributed by atoms with E-state index in [1.54, 1.807) is 0 Å². The van der Waals surface area contributed by atoms with Crippen LogP contribution in [0.3, 0.4) is 0 Å². The molecule has 0 radical (unpaired) electrons. The largest absolute Gasteiger partial charge is 0.455 e. The summed E-state index contributed by atoms with van der Waals surface area (Å²) >= 11 is 0. The minimum absolute atomic E-state index is 0.0911. The summed E-state index contributed by atoms with van der Waals surface area (Å²) in [5.41, 5.74) is 1.54. The molecule has 1 fully saturated rings. The van der Waals surface area contributed by atoms with E-state index in [0.717, 1.165) is 16.7 Å². The molecule has 1 heterocycles. The Hall–Kier alpha value is -4.01. The third-order valence-electron chi connectivity index (χ3n) is 6.16. The number of rotatable bonds is 9. The molecular weight excluding hydrogens is 488 g/mol. The van der Waals surface area contributed by atoms with Gasteiger partial charge in [0.2, 0.25) is 12.4 Å². The third kappa shape index (κ3) is 5.93. The molecule has 4 atom stereocenters. The van der Waals surface area contributed by atoms with E-state index in [9.17, 15) is 14.4 Å². The van der Waals surface area contributed by atoms with Crippen molar-refractivity contribution in [3.63, 3.8) is 0 Å². The summed E-state index contributed by atoms with van der Waals surface area (Å²) in [6.07, 6.45) is -4.41. The predicted molar refractivity (Wildman–Crippen MR) is 137 cm³/mol. The Kier molecular flexibility index (Phi) is 8.55. The lowest BCUT2D eigenvalue weighted by molar-refractivity contribution is -0.198. The van der Waals surface area contributed by atoms with Crippen LogP contribution in [0.1, 0.15) is 37.5 Å². The molecule has 3 aromatic carbocycles. The Morgan fingerprint density at radius 1 is 0.632 bits per heavy atom. The molecule has 0 amide bonds. The average Bonchev–Trinajstić information content (AvgIpc) is 3.20. The summed E-state index contributed by atoms with van der Waals surface area (Å²) in [6.45, 7) is 3.57. The van der Waals surface area contributed by atoms with Crippen molar-refractivity contribution in [3.05, 3.63) is 108 Å². The fraction of sp³-hybridized carbons (Fsp3) is 0.300. The Bertz CT molecular complexity index is 1130. The molecule has 1 saturated heterocycles. The first kappa shape index (κ1) is 27.0. The highest BCUT2D eigenvalue weighted by Gasteiger charge is 2.52. The first-order valence-electron chi connectivity index (χ1n) is 12.3. The second-order valence-electron chi connectivity index (χ2n) is 8.89. The molecule has 1 aliphatic rings. The van der Waals surface area contributed by atoms with Gasteiger partial charge in [-0.3, -0.25) is 14.4 Å². The van der Waals surface area contributed by atoms with Crippen LogP contribution >= 0.6 is 0 Å². The maximum Gasteiger partial charge on any atom is 0.305 e. The summed E-state index contributed by atoms with van der Waals surface area (Å²) < 4.78 is 28.9. The van der Waals surface area contributed by atoms with E-state index in [2.05, 4.69) is 0 Å². The Balaban J connectivity index is 1.77. The number of hydrogen-bond donors (Lipinski definition) is 0. The first-order chi connectivity index (χ1) is 18.3. The van der Waals surface area contributed by atoms with Crippen molar-refractivity contribution in [2.24, 2.45) is 0 Å². The summed E-state index contributed by atoms with van der Waals surface area (Å²) in [4.78, 5) is 35.6. The lowest BCUT2D eigenvalue weighted by Gasteiger charge is -2.37. The van der Waals surface area contributed by atoms with Gasteiger partial charge in [0.15, 0.2) is 6.10 Å². The van der Waals surface area contributed by atoms with Gasteiger partial charge in [-0.15, -0.1) is 0 Å². The molecule has 3 aromatic rings. The van der Waals surface area contributed by atoms with Crippen molar-refractivity contribution in [3.8, 4) is 0 Å². The SMILES string of the molecule is CC(=O)O[C@@H]1O[C@H](COC(c2ccccc2)(c2ccccc2)c2ccccc2)[C@@H](OC(C)=O)[C@H]1OC(C)=O. The highest BCUT2D eigenvalue weighted by atomic mass is 16.8. The molecule has 8 heteroatoms. The van der Waals surface area contributed by atoms with Crippen LogP contribution in [0.25, 0.3) is 0 Å². The Morgan fingerprint density at radius 2 is 1.03 bits per heavy atom. The van der Waals surface area contributed by atoms with E-state index in [4.69, 9.17) is 23.7 Å². The van der Waals surface area contributed by atoms with Crippen molar-refractivity contribution >= 4 is 17.9 Å². The molecule has 0 spiro atoms. The molecule has 0 bridgehead atoms. The van der Waals surface area contributed by atoms with Gasteiger partial charge in [-0.05, 0) is 16.7 Å². The minimum Gasteiger partial charge on any atom is -0.455 e. The number of ether oxygens (including phenoxy) is 5. The minimum atomic E-state index is -1.27. The number of hydrogen-bond acceptors (Lipinski definition) is 8. The van der Waals surface area contributed by atoms with Crippen LogP contribution in [0, 0.1) is 0 Å². The van der Waals surface area contributed by atoms with Gasteiger partial charge in [-0.2, -0.15) is 0 Å². The molecule has 4 rings (SSSR count). The number of carbonyl (C=O) groups excluding carboxylic acids is 3. The topological polar surface area (TPSA) is 97.4 Å². The van der Waals surface area contributed by atoms with Crippen LogP contribution in [-0.4, -0.2) is 49.1 Å². The van der Waals surface area contributed by atoms with Crippen LogP contribution in [0.2, 0.25) is 0 Å². The van der Waals surface area contributed by atoms with E-state index in [1.165, 1.54) is 20.8 Å². The predicted octanol–water partition coefficient (Wildman–Crippen LogP) is 4.15. The van der Waals surface area contributed by atoms with E-state index < -0.39 is 48.1 Å². The van der Waals surface area contributed by atoms with Crippen molar-refractivity contribution in [1.29, 1.82) is 0 Å². The quantitative estimate of drug-likeness (QED) is 0.237. The Morgan fingerprint density at radius 3 is 1.42 bits per heavy atom. The lowest BCUT2D eigenvalue weighted by Crippen LogP contribution is -2.43.